The minimum atomic E-state index is -3.33. The summed E-state index contributed by atoms with van der Waals surface area (Å²) < 4.78 is 39.4. The molecule has 0 saturated heterocycles. The summed E-state index contributed by atoms with van der Waals surface area (Å²) >= 11 is 0. The van der Waals surface area contributed by atoms with E-state index in [9.17, 15) is 22.7 Å². The molecule has 0 aliphatic rings. The van der Waals surface area contributed by atoms with Crippen molar-refractivity contribution in [1.82, 2.24) is 4.57 Å². The van der Waals surface area contributed by atoms with E-state index in [4.69, 9.17) is 0 Å². The van der Waals surface area contributed by atoms with Gasteiger partial charge in [-0.05, 0) is 79.1 Å². The van der Waals surface area contributed by atoms with Gasteiger partial charge in [0.1, 0.15) is 5.82 Å². The number of nitrogens with zero attached hydrogens (tertiary/aromatic N) is 2. The summed E-state index contributed by atoms with van der Waals surface area (Å²) in [6.45, 7) is 2.18. The van der Waals surface area contributed by atoms with Gasteiger partial charge >= 0.3 is 6.09 Å². The van der Waals surface area contributed by atoms with Gasteiger partial charge in [0.2, 0.25) is 0 Å². The lowest BCUT2D eigenvalue weighted by molar-refractivity contribution is 0.202. The molecule has 0 aliphatic heterocycles. The molecule has 3 aromatic carbocycles. The summed E-state index contributed by atoms with van der Waals surface area (Å²) in [6.07, 6.45) is 0.575. The molecule has 0 fully saturated rings. The molecule has 4 rings (SSSR count). The average molecular weight is 493 g/mol. The molecule has 35 heavy (non-hydrogen) atoms. The fourth-order valence-corrected chi connectivity index (χ4v) is 4.73. The Labute approximate surface area is 203 Å². The lowest BCUT2D eigenvalue weighted by atomic mass is 10.1. The fraction of sp³-hybridized carbons (Fsp3) is 0.148. The SMILES string of the molecule is Cc1c(CCN(C(=O)O)c2ccccc2)cc(-c2ccc(S(C)(=O)=O)cc2)n1-c1ccc(F)cc1. The number of amides is 1. The highest BCUT2D eigenvalue weighted by molar-refractivity contribution is 7.90. The van der Waals surface area contributed by atoms with Gasteiger partial charge in [0.15, 0.2) is 9.84 Å². The predicted octanol–water partition coefficient (Wildman–Crippen LogP) is 5.72. The van der Waals surface area contributed by atoms with Gasteiger partial charge in [-0.2, -0.15) is 0 Å². The van der Waals surface area contributed by atoms with Gasteiger partial charge in [0.05, 0.1) is 10.6 Å². The lowest BCUT2D eigenvalue weighted by Gasteiger charge is -2.19. The van der Waals surface area contributed by atoms with Gasteiger partial charge in [-0.1, -0.05) is 30.3 Å². The molecule has 0 spiro atoms. The predicted molar refractivity (Wildman–Crippen MR) is 135 cm³/mol. The monoisotopic (exact) mass is 492 g/mol. The Hall–Kier alpha value is -3.91. The third kappa shape index (κ3) is 5.27. The Kier molecular flexibility index (Phi) is 6.75. The van der Waals surface area contributed by atoms with E-state index in [0.29, 0.717) is 12.1 Å². The highest BCUT2D eigenvalue weighted by Crippen LogP contribution is 2.31. The normalized spacial score (nSPS) is 11.4. The zero-order chi connectivity index (χ0) is 25.2. The van der Waals surface area contributed by atoms with Crippen LogP contribution in [-0.4, -0.2) is 37.0 Å². The molecule has 0 aliphatic carbocycles. The van der Waals surface area contributed by atoms with Crippen LogP contribution in [0.4, 0.5) is 14.9 Å². The minimum Gasteiger partial charge on any atom is -0.465 e. The van der Waals surface area contributed by atoms with Gasteiger partial charge < -0.3 is 9.67 Å². The molecule has 1 heterocycles. The molecule has 8 heteroatoms. The van der Waals surface area contributed by atoms with Gasteiger partial charge in [0.25, 0.3) is 0 Å². The van der Waals surface area contributed by atoms with E-state index in [1.807, 2.05) is 23.6 Å². The summed E-state index contributed by atoms with van der Waals surface area (Å²) in [5, 5.41) is 9.74. The molecule has 6 nitrogen and oxygen atoms in total. The fourth-order valence-electron chi connectivity index (χ4n) is 4.09. The van der Waals surface area contributed by atoms with Crippen LogP contribution in [-0.2, 0) is 16.3 Å². The van der Waals surface area contributed by atoms with Crippen LogP contribution in [0.1, 0.15) is 11.3 Å². The number of halogens is 1. The Morgan fingerprint density at radius 2 is 1.60 bits per heavy atom. The Morgan fingerprint density at radius 3 is 2.17 bits per heavy atom. The molecule has 1 N–H and O–H groups in total. The van der Waals surface area contributed by atoms with E-state index in [2.05, 4.69) is 0 Å². The Morgan fingerprint density at radius 1 is 0.971 bits per heavy atom. The summed E-state index contributed by atoms with van der Waals surface area (Å²) in [7, 11) is -3.33. The van der Waals surface area contributed by atoms with Gasteiger partial charge in [-0.3, -0.25) is 4.90 Å². The van der Waals surface area contributed by atoms with Crippen molar-refractivity contribution in [2.24, 2.45) is 0 Å². The van der Waals surface area contributed by atoms with Crippen LogP contribution >= 0.6 is 0 Å². The number of carbonyl (C=O) groups is 1. The summed E-state index contributed by atoms with van der Waals surface area (Å²) in [6, 6.07) is 23.6. The lowest BCUT2D eigenvalue weighted by Crippen LogP contribution is -2.31. The van der Waals surface area contributed by atoms with E-state index >= 15 is 0 Å². The van der Waals surface area contributed by atoms with Gasteiger partial charge in [-0.15, -0.1) is 0 Å². The topological polar surface area (TPSA) is 79.6 Å². The summed E-state index contributed by atoms with van der Waals surface area (Å²) in [5.41, 5.74) is 4.73. The first-order chi connectivity index (χ1) is 16.6. The highest BCUT2D eigenvalue weighted by atomic mass is 32.2. The molecule has 0 saturated carbocycles. The van der Waals surface area contributed by atoms with E-state index in [-0.39, 0.29) is 17.3 Å². The van der Waals surface area contributed by atoms with E-state index < -0.39 is 15.9 Å². The van der Waals surface area contributed by atoms with Crippen LogP contribution in [0.5, 0.6) is 0 Å². The standard InChI is InChI=1S/C27H25FN2O4S/c1-19-21(16-17-29(27(31)32)23-6-4-3-5-7-23)18-26(30(19)24-12-10-22(28)11-13-24)20-8-14-25(15-9-20)35(2,33)34/h3-15,18H,16-17H2,1-2H3,(H,31,32). The molecule has 0 unspecified atom stereocenters. The number of benzene rings is 3. The zero-order valence-electron chi connectivity index (χ0n) is 19.3. The van der Waals surface area contributed by atoms with Crippen molar-refractivity contribution in [2.45, 2.75) is 18.2 Å². The van der Waals surface area contributed by atoms with Crippen molar-refractivity contribution in [1.29, 1.82) is 0 Å². The second kappa shape index (κ2) is 9.76. The van der Waals surface area contributed by atoms with Crippen LogP contribution in [0.3, 0.4) is 0 Å². The second-order valence-electron chi connectivity index (χ2n) is 8.27. The van der Waals surface area contributed by atoms with Crippen molar-refractivity contribution in [3.8, 4) is 16.9 Å². The number of carboxylic acid groups (broad SMARTS) is 1. The third-order valence-electron chi connectivity index (χ3n) is 5.92. The van der Waals surface area contributed by atoms with Crippen molar-refractivity contribution >= 4 is 21.6 Å². The van der Waals surface area contributed by atoms with Crippen LogP contribution < -0.4 is 4.90 Å². The van der Waals surface area contributed by atoms with E-state index in [1.54, 1.807) is 60.7 Å². The van der Waals surface area contributed by atoms with Crippen molar-refractivity contribution in [3.05, 3.63) is 102 Å². The number of hydrogen-bond donors (Lipinski definition) is 1. The van der Waals surface area contributed by atoms with Crippen LogP contribution in [0, 0.1) is 12.7 Å². The average Bonchev–Trinajstić information content (AvgIpc) is 3.16. The first-order valence-corrected chi connectivity index (χ1v) is 12.9. The maximum atomic E-state index is 13.6. The Bertz CT molecular complexity index is 1450. The van der Waals surface area contributed by atoms with Gasteiger partial charge in [-0.25, -0.2) is 17.6 Å². The largest absolute Gasteiger partial charge is 0.465 e. The first-order valence-electron chi connectivity index (χ1n) is 11.0. The van der Waals surface area contributed by atoms with Crippen molar-refractivity contribution < 1.29 is 22.7 Å². The minimum absolute atomic E-state index is 0.220. The molecule has 0 bridgehead atoms. The van der Waals surface area contributed by atoms with Crippen LogP contribution in [0.2, 0.25) is 0 Å². The van der Waals surface area contributed by atoms with E-state index in [1.165, 1.54) is 17.0 Å². The number of anilines is 1. The molecule has 180 valence electrons. The second-order valence-corrected chi connectivity index (χ2v) is 10.3. The number of para-hydroxylation sites is 1. The zero-order valence-corrected chi connectivity index (χ0v) is 20.2. The van der Waals surface area contributed by atoms with E-state index in [0.717, 1.165) is 34.5 Å². The van der Waals surface area contributed by atoms with Crippen LogP contribution in [0.25, 0.3) is 16.9 Å². The number of sulfone groups is 1. The molecule has 0 radical (unpaired) electrons. The molecular formula is C27H25FN2O4S. The summed E-state index contributed by atoms with van der Waals surface area (Å²) in [4.78, 5) is 13.4. The molecular weight excluding hydrogens is 467 g/mol. The van der Waals surface area contributed by atoms with Crippen molar-refractivity contribution in [3.63, 3.8) is 0 Å². The first kappa shape index (κ1) is 24.2. The number of aromatic nitrogens is 1. The van der Waals surface area contributed by atoms with Gasteiger partial charge in [0, 0.05) is 29.9 Å². The highest BCUT2D eigenvalue weighted by Gasteiger charge is 2.19. The number of rotatable bonds is 7. The quantitative estimate of drug-likeness (QED) is 0.358. The maximum absolute atomic E-state index is 13.6. The number of hydrogen-bond acceptors (Lipinski definition) is 3. The smallest absolute Gasteiger partial charge is 0.411 e. The molecule has 0 atom stereocenters. The van der Waals surface area contributed by atoms with Crippen LogP contribution in [0.15, 0.2) is 89.8 Å². The molecule has 4 aromatic rings. The molecule has 1 aromatic heterocycles. The molecule has 1 amide bonds. The van der Waals surface area contributed by atoms with Crippen molar-refractivity contribution in [2.75, 3.05) is 17.7 Å². The maximum Gasteiger partial charge on any atom is 0.411 e. The Balaban J connectivity index is 1.75. The third-order valence-corrected chi connectivity index (χ3v) is 7.05. The summed E-state index contributed by atoms with van der Waals surface area (Å²) in [5.74, 6) is -0.349.